The lowest BCUT2D eigenvalue weighted by Crippen LogP contribution is -2.31. The van der Waals surface area contributed by atoms with E-state index in [2.05, 4.69) is 29.1 Å². The molecule has 1 aliphatic heterocycles. The summed E-state index contributed by atoms with van der Waals surface area (Å²) in [6.07, 6.45) is 4.62. The fourth-order valence-corrected chi connectivity index (χ4v) is 4.31. The van der Waals surface area contributed by atoms with E-state index < -0.39 is 6.17 Å². The normalized spacial score (nSPS) is 18.1. The van der Waals surface area contributed by atoms with Gasteiger partial charge in [-0.2, -0.15) is 10.2 Å². The van der Waals surface area contributed by atoms with Crippen molar-refractivity contribution in [2.45, 2.75) is 52.0 Å². The maximum Gasteiger partial charge on any atom is 0.272 e. The number of carbonyl (C=O) groups is 1. The summed E-state index contributed by atoms with van der Waals surface area (Å²) in [6.45, 7) is 4.94. The van der Waals surface area contributed by atoms with Crippen molar-refractivity contribution in [3.63, 3.8) is 0 Å². The minimum atomic E-state index is -1.34. The Hall–Kier alpha value is -3.55. The van der Waals surface area contributed by atoms with Crippen LogP contribution in [0, 0.1) is 0 Å². The number of nitrogens with one attached hydrogen (secondary N) is 1. The van der Waals surface area contributed by atoms with Gasteiger partial charge >= 0.3 is 0 Å². The topological polar surface area (TPSA) is 83.9 Å². The second kappa shape index (κ2) is 7.85. The second-order valence-corrected chi connectivity index (χ2v) is 8.64. The minimum absolute atomic E-state index is 0.146. The first kappa shape index (κ1) is 20.4. The van der Waals surface area contributed by atoms with Crippen LogP contribution in [0.2, 0.25) is 0 Å². The number of nitrogens with zero attached hydrogens (tertiary/aromatic N) is 4. The van der Waals surface area contributed by atoms with Gasteiger partial charge in [-0.3, -0.25) is 14.3 Å². The molecule has 1 atom stereocenters. The van der Waals surface area contributed by atoms with Crippen LogP contribution in [0.3, 0.4) is 0 Å². The van der Waals surface area contributed by atoms with E-state index in [0.717, 1.165) is 22.2 Å². The van der Waals surface area contributed by atoms with Gasteiger partial charge in [-0.05, 0) is 31.6 Å². The first-order valence-corrected chi connectivity index (χ1v) is 10.8. The average molecular weight is 433 g/mol. The van der Waals surface area contributed by atoms with Crippen molar-refractivity contribution in [3.05, 3.63) is 81.1 Å². The molecule has 3 aromatic rings. The molecule has 2 aromatic heterocycles. The molecule has 8 heteroatoms. The SMILES string of the molecule is CC(C)n1cc2c(n1)CN(C(=O)C1=CC(Cc3n[nH]c(=O)c4ccccc34)=CCC1F)C2. The number of benzene rings is 1. The molecule has 2 aliphatic rings. The van der Waals surface area contributed by atoms with Crippen LogP contribution in [0.4, 0.5) is 4.39 Å². The smallest absolute Gasteiger partial charge is 0.272 e. The largest absolute Gasteiger partial charge is 0.328 e. The van der Waals surface area contributed by atoms with Crippen LogP contribution in [0.5, 0.6) is 0 Å². The van der Waals surface area contributed by atoms with Crippen molar-refractivity contribution in [1.82, 2.24) is 24.9 Å². The number of amides is 1. The highest BCUT2D eigenvalue weighted by Gasteiger charge is 2.32. The average Bonchev–Trinajstić information content (AvgIpc) is 3.36. The van der Waals surface area contributed by atoms with Gasteiger partial charge in [0.25, 0.3) is 11.5 Å². The van der Waals surface area contributed by atoms with E-state index in [1.54, 1.807) is 29.2 Å². The number of H-pyrrole nitrogens is 1. The summed E-state index contributed by atoms with van der Waals surface area (Å²) >= 11 is 0. The zero-order chi connectivity index (χ0) is 22.4. The van der Waals surface area contributed by atoms with Crippen molar-refractivity contribution >= 4 is 16.7 Å². The molecule has 1 amide bonds. The van der Waals surface area contributed by atoms with Gasteiger partial charge in [0.15, 0.2) is 0 Å². The molecule has 5 rings (SSSR count). The zero-order valence-electron chi connectivity index (χ0n) is 18.0. The summed E-state index contributed by atoms with van der Waals surface area (Å²) in [5, 5.41) is 12.6. The number of rotatable bonds is 4. The van der Waals surface area contributed by atoms with Crippen molar-refractivity contribution in [2.24, 2.45) is 0 Å². The number of alkyl halides is 1. The molecule has 1 aromatic carbocycles. The molecule has 1 N–H and O–H groups in total. The van der Waals surface area contributed by atoms with Gasteiger partial charge in [-0.25, -0.2) is 9.49 Å². The van der Waals surface area contributed by atoms with E-state index in [9.17, 15) is 14.0 Å². The summed E-state index contributed by atoms with van der Waals surface area (Å²) in [4.78, 5) is 26.8. The Bertz CT molecular complexity index is 1310. The van der Waals surface area contributed by atoms with Crippen LogP contribution in [0.15, 0.2) is 58.6 Å². The first-order valence-electron chi connectivity index (χ1n) is 10.8. The molecular formula is C24H24FN5O2. The highest BCUT2D eigenvalue weighted by Crippen LogP contribution is 2.29. The van der Waals surface area contributed by atoms with E-state index in [1.807, 2.05) is 23.0 Å². The van der Waals surface area contributed by atoms with Crippen molar-refractivity contribution in [3.8, 4) is 0 Å². The molecule has 32 heavy (non-hydrogen) atoms. The summed E-state index contributed by atoms with van der Waals surface area (Å²) in [6, 6.07) is 7.51. The van der Waals surface area contributed by atoms with E-state index in [1.165, 1.54) is 0 Å². The third-order valence-corrected chi connectivity index (χ3v) is 6.07. The van der Waals surface area contributed by atoms with Crippen molar-refractivity contribution in [2.75, 3.05) is 0 Å². The summed E-state index contributed by atoms with van der Waals surface area (Å²) < 4.78 is 16.6. The number of halogens is 1. The molecule has 3 heterocycles. The number of allylic oxidation sites excluding steroid dienone is 3. The number of carbonyl (C=O) groups excluding carboxylic acids is 1. The highest BCUT2D eigenvalue weighted by molar-refractivity contribution is 5.95. The molecule has 1 unspecified atom stereocenters. The predicted molar refractivity (Wildman–Crippen MR) is 119 cm³/mol. The van der Waals surface area contributed by atoms with E-state index in [-0.39, 0.29) is 29.5 Å². The third-order valence-electron chi connectivity index (χ3n) is 6.07. The Kier molecular flexibility index (Phi) is 5.00. The third kappa shape index (κ3) is 3.55. The number of hydrogen-bond acceptors (Lipinski definition) is 4. The quantitative estimate of drug-likeness (QED) is 0.684. The summed E-state index contributed by atoms with van der Waals surface area (Å²) in [5.41, 5.74) is 3.31. The highest BCUT2D eigenvalue weighted by atomic mass is 19.1. The molecule has 0 spiro atoms. The van der Waals surface area contributed by atoms with Gasteiger partial charge in [0.05, 0.1) is 28.9 Å². The first-order chi connectivity index (χ1) is 15.4. The van der Waals surface area contributed by atoms with Crippen LogP contribution in [-0.4, -0.2) is 37.0 Å². The summed E-state index contributed by atoms with van der Waals surface area (Å²) in [5.74, 6) is -0.295. The van der Waals surface area contributed by atoms with Crippen LogP contribution in [0.25, 0.3) is 10.8 Å². The molecule has 7 nitrogen and oxygen atoms in total. The lowest BCUT2D eigenvalue weighted by Gasteiger charge is -2.23. The van der Waals surface area contributed by atoms with E-state index in [0.29, 0.717) is 30.6 Å². The molecule has 0 bridgehead atoms. The van der Waals surface area contributed by atoms with Gasteiger partial charge in [0.2, 0.25) is 0 Å². The van der Waals surface area contributed by atoms with Crippen LogP contribution in [0.1, 0.15) is 43.3 Å². The van der Waals surface area contributed by atoms with Gasteiger partial charge in [0, 0.05) is 42.6 Å². The van der Waals surface area contributed by atoms with Gasteiger partial charge in [0.1, 0.15) is 6.17 Å². The molecule has 1 aliphatic carbocycles. The number of fused-ring (bicyclic) bond motifs is 2. The lowest BCUT2D eigenvalue weighted by molar-refractivity contribution is -0.128. The van der Waals surface area contributed by atoms with E-state index >= 15 is 0 Å². The summed E-state index contributed by atoms with van der Waals surface area (Å²) in [7, 11) is 0. The zero-order valence-corrected chi connectivity index (χ0v) is 18.0. The van der Waals surface area contributed by atoms with Gasteiger partial charge < -0.3 is 4.90 Å². The Morgan fingerprint density at radius 2 is 2.03 bits per heavy atom. The lowest BCUT2D eigenvalue weighted by atomic mass is 9.93. The van der Waals surface area contributed by atoms with Crippen LogP contribution >= 0.6 is 0 Å². The molecule has 164 valence electrons. The minimum Gasteiger partial charge on any atom is -0.328 e. The van der Waals surface area contributed by atoms with Gasteiger partial charge in [-0.15, -0.1) is 0 Å². The van der Waals surface area contributed by atoms with Gasteiger partial charge in [-0.1, -0.05) is 24.3 Å². The molecule has 0 saturated carbocycles. The Morgan fingerprint density at radius 1 is 1.25 bits per heavy atom. The van der Waals surface area contributed by atoms with E-state index in [4.69, 9.17) is 0 Å². The second-order valence-electron chi connectivity index (χ2n) is 8.64. The Labute approximate surface area is 184 Å². The van der Waals surface area contributed by atoms with Crippen LogP contribution < -0.4 is 5.56 Å². The number of aromatic amines is 1. The van der Waals surface area contributed by atoms with Crippen LogP contribution in [-0.2, 0) is 24.3 Å². The Balaban J connectivity index is 1.37. The maximum atomic E-state index is 14.8. The number of hydrogen-bond donors (Lipinski definition) is 1. The molecule has 0 radical (unpaired) electrons. The molecule has 0 saturated heterocycles. The number of aromatic nitrogens is 4. The fraction of sp³-hybridized carbons (Fsp3) is 0.333. The standard InChI is InChI=1S/C24H24FN5O2/c1-14(2)30-12-16-11-29(13-22(16)28-30)24(32)19-9-15(7-8-20(19)25)10-21-17-5-3-4-6-18(17)23(31)27-26-21/h3-7,9,12,14,20H,8,10-11,13H2,1-2H3,(H,27,31). The predicted octanol–water partition coefficient (Wildman–Crippen LogP) is 3.38. The Morgan fingerprint density at radius 3 is 2.78 bits per heavy atom. The maximum absolute atomic E-state index is 14.8. The monoisotopic (exact) mass is 433 g/mol. The molecule has 0 fully saturated rings. The fourth-order valence-electron chi connectivity index (χ4n) is 4.31. The van der Waals surface area contributed by atoms with Crippen molar-refractivity contribution < 1.29 is 9.18 Å². The molecular weight excluding hydrogens is 409 g/mol. The van der Waals surface area contributed by atoms with Crippen molar-refractivity contribution in [1.29, 1.82) is 0 Å².